The first-order valence-electron chi connectivity index (χ1n) is 13.7. The van der Waals surface area contributed by atoms with E-state index < -0.39 is 34.2 Å². The molecule has 3 aromatic carbocycles. The van der Waals surface area contributed by atoms with Crippen molar-refractivity contribution in [2.45, 2.75) is 90.8 Å². The zero-order valence-electron chi connectivity index (χ0n) is 24.6. The van der Waals surface area contributed by atoms with Crippen LogP contribution in [0.5, 0.6) is 5.75 Å². The lowest BCUT2D eigenvalue weighted by atomic mass is 9.82. The highest BCUT2D eigenvalue weighted by molar-refractivity contribution is 5.86. The van der Waals surface area contributed by atoms with Crippen LogP contribution < -0.4 is 10.1 Å². The molecule has 0 bridgehead atoms. The van der Waals surface area contributed by atoms with Crippen molar-refractivity contribution in [3.63, 3.8) is 0 Å². The molecule has 214 valence electrons. The first kappa shape index (κ1) is 30.6. The molecule has 1 amide bonds. The molecule has 0 saturated carbocycles. The van der Waals surface area contributed by atoms with Gasteiger partial charge < -0.3 is 14.8 Å². The standard InChI is InChI=1S/C32H40N2O6/c1-9-32(34(37)38,29(35)39-27-25(20(2)3)15-12-16-26(27)21(4)5)28(33-30(36)40-31(6,7)8)24-18-17-22-13-10-11-14-23(22)19-24/h10-21,28H,9H2,1-8H3,(H,33,36)/t28?,32-/m0/s1. The maximum absolute atomic E-state index is 14.1. The minimum Gasteiger partial charge on any atom is -0.444 e. The summed E-state index contributed by atoms with van der Waals surface area (Å²) in [5, 5.41) is 17.4. The van der Waals surface area contributed by atoms with Crippen molar-refractivity contribution in [3.05, 3.63) is 87.5 Å². The number of benzene rings is 3. The van der Waals surface area contributed by atoms with Crippen LogP contribution in [0.25, 0.3) is 10.8 Å². The Balaban J connectivity index is 2.22. The van der Waals surface area contributed by atoms with Crippen LogP contribution in [-0.2, 0) is 9.53 Å². The minimum atomic E-state index is -2.35. The Labute approximate surface area is 236 Å². The number of hydrogen-bond acceptors (Lipinski definition) is 6. The summed E-state index contributed by atoms with van der Waals surface area (Å²) in [5.74, 6) is -0.718. The molecule has 0 spiro atoms. The van der Waals surface area contributed by atoms with Crippen LogP contribution in [0.4, 0.5) is 4.79 Å². The molecule has 40 heavy (non-hydrogen) atoms. The van der Waals surface area contributed by atoms with E-state index in [1.54, 1.807) is 39.8 Å². The third-order valence-corrected chi connectivity index (χ3v) is 6.98. The summed E-state index contributed by atoms with van der Waals surface area (Å²) in [7, 11) is 0. The second kappa shape index (κ2) is 12.1. The van der Waals surface area contributed by atoms with E-state index in [0.717, 1.165) is 21.9 Å². The van der Waals surface area contributed by atoms with Gasteiger partial charge in [-0.05, 0) is 66.1 Å². The van der Waals surface area contributed by atoms with Gasteiger partial charge in [0.2, 0.25) is 0 Å². The Hall–Kier alpha value is -3.94. The first-order chi connectivity index (χ1) is 18.7. The molecule has 0 radical (unpaired) electrons. The number of ether oxygens (including phenoxy) is 2. The highest BCUT2D eigenvalue weighted by atomic mass is 16.6. The molecule has 8 heteroatoms. The van der Waals surface area contributed by atoms with E-state index in [-0.39, 0.29) is 18.3 Å². The Morgan fingerprint density at radius 1 is 0.900 bits per heavy atom. The highest BCUT2D eigenvalue weighted by Crippen LogP contribution is 2.39. The van der Waals surface area contributed by atoms with Crippen LogP contribution in [-0.4, -0.2) is 28.1 Å². The lowest BCUT2D eigenvalue weighted by Crippen LogP contribution is -2.58. The zero-order chi connectivity index (χ0) is 29.8. The monoisotopic (exact) mass is 548 g/mol. The molecule has 0 aliphatic heterocycles. The fraction of sp³-hybridized carbons (Fsp3) is 0.438. The molecule has 2 atom stereocenters. The number of nitrogens with one attached hydrogen (secondary N) is 1. The normalized spacial score (nSPS) is 14.1. The molecular formula is C32H40N2O6. The van der Waals surface area contributed by atoms with E-state index in [1.165, 1.54) is 0 Å². The van der Waals surface area contributed by atoms with Gasteiger partial charge in [-0.15, -0.1) is 0 Å². The van der Waals surface area contributed by atoms with Crippen molar-refractivity contribution in [1.82, 2.24) is 5.32 Å². The van der Waals surface area contributed by atoms with Gasteiger partial charge >= 0.3 is 17.6 Å². The summed E-state index contributed by atoms with van der Waals surface area (Å²) in [6.07, 6.45) is -1.11. The Kier molecular flexibility index (Phi) is 9.23. The molecule has 1 N–H and O–H groups in total. The number of alkyl carbamates (subject to hydrolysis) is 1. The number of carbonyl (C=O) groups excluding carboxylic acids is 2. The average molecular weight is 549 g/mol. The number of para-hydroxylation sites is 1. The molecule has 0 aliphatic carbocycles. The predicted octanol–water partition coefficient (Wildman–Crippen LogP) is 7.68. The minimum absolute atomic E-state index is 0.00399. The maximum Gasteiger partial charge on any atom is 0.408 e. The average Bonchev–Trinajstić information content (AvgIpc) is 2.87. The van der Waals surface area contributed by atoms with Crippen molar-refractivity contribution in [3.8, 4) is 5.75 Å². The SMILES string of the molecule is CC[C@@](C(=O)Oc1c(C(C)C)cccc1C(C)C)(C(NC(=O)OC(C)(C)C)c1ccc2ccccc2c1)[N+](=O)[O-]. The molecule has 0 heterocycles. The van der Waals surface area contributed by atoms with E-state index in [2.05, 4.69) is 5.32 Å². The van der Waals surface area contributed by atoms with E-state index >= 15 is 0 Å². The molecule has 1 unspecified atom stereocenters. The summed E-state index contributed by atoms with van der Waals surface area (Å²) in [6.45, 7) is 14.5. The second-order valence-corrected chi connectivity index (χ2v) is 11.7. The summed E-state index contributed by atoms with van der Waals surface area (Å²) in [5.41, 5.74) is -1.27. The van der Waals surface area contributed by atoms with E-state index in [4.69, 9.17) is 9.47 Å². The number of hydrogen-bond donors (Lipinski definition) is 1. The quantitative estimate of drug-likeness (QED) is 0.127. The summed E-state index contributed by atoms with van der Waals surface area (Å²) >= 11 is 0. The van der Waals surface area contributed by atoms with Crippen LogP contribution in [0.3, 0.4) is 0 Å². The van der Waals surface area contributed by atoms with Gasteiger partial charge in [-0.2, -0.15) is 0 Å². The summed E-state index contributed by atoms with van der Waals surface area (Å²) < 4.78 is 11.5. The molecule has 0 saturated heterocycles. The van der Waals surface area contributed by atoms with Crippen LogP contribution in [0, 0.1) is 10.1 Å². The number of nitro groups is 1. The summed E-state index contributed by atoms with van der Waals surface area (Å²) in [6, 6.07) is 17.0. The maximum atomic E-state index is 14.1. The molecular weight excluding hydrogens is 508 g/mol. The van der Waals surface area contributed by atoms with Gasteiger partial charge in [-0.25, -0.2) is 9.59 Å². The molecule has 0 aliphatic rings. The van der Waals surface area contributed by atoms with E-state index in [0.29, 0.717) is 11.3 Å². The molecule has 3 aromatic rings. The lowest BCUT2D eigenvalue weighted by Gasteiger charge is -2.32. The van der Waals surface area contributed by atoms with Crippen molar-refractivity contribution < 1.29 is 24.0 Å². The van der Waals surface area contributed by atoms with Gasteiger partial charge in [0.15, 0.2) is 0 Å². The number of rotatable bonds is 9. The van der Waals surface area contributed by atoms with Gasteiger partial charge in [-0.1, -0.05) is 89.2 Å². The number of nitrogens with zero attached hydrogens (tertiary/aromatic N) is 1. The fourth-order valence-electron chi connectivity index (χ4n) is 4.85. The highest BCUT2D eigenvalue weighted by Gasteiger charge is 2.60. The predicted molar refractivity (Wildman–Crippen MR) is 156 cm³/mol. The van der Waals surface area contributed by atoms with Gasteiger partial charge in [0.1, 0.15) is 17.4 Å². The number of fused-ring (bicyclic) bond motifs is 1. The first-order valence-corrected chi connectivity index (χ1v) is 13.7. The van der Waals surface area contributed by atoms with Gasteiger partial charge in [0, 0.05) is 11.3 Å². The lowest BCUT2D eigenvalue weighted by molar-refractivity contribution is -0.561. The number of carbonyl (C=O) groups is 2. The Morgan fingerprint density at radius 2 is 1.48 bits per heavy atom. The van der Waals surface area contributed by atoms with Gasteiger partial charge in [-0.3, -0.25) is 10.1 Å². The third kappa shape index (κ3) is 6.43. The van der Waals surface area contributed by atoms with Crippen LogP contribution >= 0.6 is 0 Å². The largest absolute Gasteiger partial charge is 0.444 e. The smallest absolute Gasteiger partial charge is 0.408 e. The van der Waals surface area contributed by atoms with E-state index in [1.807, 2.05) is 76.2 Å². The van der Waals surface area contributed by atoms with Crippen LogP contribution in [0.15, 0.2) is 60.7 Å². The topological polar surface area (TPSA) is 108 Å². The van der Waals surface area contributed by atoms with Crippen molar-refractivity contribution in [1.29, 1.82) is 0 Å². The van der Waals surface area contributed by atoms with Crippen molar-refractivity contribution in [2.75, 3.05) is 0 Å². The van der Waals surface area contributed by atoms with Crippen molar-refractivity contribution >= 4 is 22.8 Å². The molecule has 8 nitrogen and oxygen atoms in total. The zero-order valence-corrected chi connectivity index (χ0v) is 24.6. The molecule has 0 fully saturated rings. The summed E-state index contributed by atoms with van der Waals surface area (Å²) in [4.78, 5) is 39.5. The van der Waals surface area contributed by atoms with Gasteiger partial charge in [0.05, 0.1) is 0 Å². The molecule has 3 rings (SSSR count). The molecule has 0 aromatic heterocycles. The number of esters is 1. The van der Waals surface area contributed by atoms with Crippen LogP contribution in [0.2, 0.25) is 0 Å². The van der Waals surface area contributed by atoms with E-state index in [9.17, 15) is 19.7 Å². The second-order valence-electron chi connectivity index (χ2n) is 11.7. The van der Waals surface area contributed by atoms with Crippen LogP contribution in [0.1, 0.15) is 96.4 Å². The fourth-order valence-corrected chi connectivity index (χ4v) is 4.85. The van der Waals surface area contributed by atoms with Crippen molar-refractivity contribution in [2.24, 2.45) is 0 Å². The third-order valence-electron chi connectivity index (χ3n) is 6.98. The Bertz CT molecular complexity index is 1370. The number of amides is 1. The van der Waals surface area contributed by atoms with Gasteiger partial charge in [0.25, 0.3) is 0 Å². The Morgan fingerprint density at radius 3 is 1.98 bits per heavy atom.